The minimum absolute atomic E-state index is 0.0122. The second kappa shape index (κ2) is 11.9. The summed E-state index contributed by atoms with van der Waals surface area (Å²) in [5.74, 6) is -0.815. The van der Waals surface area contributed by atoms with Gasteiger partial charge in [-0.1, -0.05) is 38.1 Å². The minimum Gasteiger partial charge on any atom is -0.480 e. The van der Waals surface area contributed by atoms with Crippen molar-refractivity contribution < 1.29 is 32.6 Å². The molecule has 2 atom stereocenters. The fraction of sp³-hybridized carbons (Fsp3) is 0.407. The maximum atomic E-state index is 13.7. The lowest BCUT2D eigenvalue weighted by Gasteiger charge is -2.26. The Morgan fingerprint density at radius 3 is 2.46 bits per heavy atom. The molecule has 0 unspecified atom stereocenters. The molecule has 0 N–H and O–H groups in total. The van der Waals surface area contributed by atoms with E-state index in [0.29, 0.717) is 23.5 Å². The van der Waals surface area contributed by atoms with Crippen LogP contribution in [0.25, 0.3) is 0 Å². The topological polar surface area (TPSA) is 65.1 Å². The molecule has 0 bridgehead atoms. The lowest BCUT2D eigenvalue weighted by Crippen LogP contribution is -2.48. The summed E-state index contributed by atoms with van der Waals surface area (Å²) in [5, 5.41) is 0. The molecule has 0 aliphatic carbocycles. The zero-order valence-corrected chi connectivity index (χ0v) is 20.4. The molecule has 2 aromatic carbocycles. The summed E-state index contributed by atoms with van der Waals surface area (Å²) in [6, 6.07) is 8.64. The van der Waals surface area contributed by atoms with Crippen molar-refractivity contribution in [2.75, 3.05) is 13.2 Å². The number of aryl methyl sites for hydroxylation is 2. The van der Waals surface area contributed by atoms with Crippen LogP contribution in [-0.2, 0) is 20.9 Å². The van der Waals surface area contributed by atoms with Crippen LogP contribution in [0.15, 0.2) is 48.6 Å². The number of amides is 2. The molecule has 0 radical (unpaired) electrons. The van der Waals surface area contributed by atoms with Gasteiger partial charge in [-0.2, -0.15) is 0 Å². The number of nitrogens with zero attached hydrogens (tertiary/aromatic N) is 1. The van der Waals surface area contributed by atoms with Crippen molar-refractivity contribution in [1.29, 1.82) is 0 Å². The first-order valence-corrected chi connectivity index (χ1v) is 11.6. The maximum Gasteiger partial charge on any atom is 0.417 e. The molecule has 1 aliphatic heterocycles. The summed E-state index contributed by atoms with van der Waals surface area (Å²) in [6.45, 7) is 7.83. The molecule has 2 amide bonds. The fourth-order valence-electron chi connectivity index (χ4n) is 3.72. The van der Waals surface area contributed by atoms with Crippen molar-refractivity contribution in [3.8, 4) is 5.75 Å². The van der Waals surface area contributed by atoms with E-state index in [1.807, 2.05) is 13.8 Å². The van der Waals surface area contributed by atoms with Gasteiger partial charge in [0.25, 0.3) is 5.91 Å². The van der Waals surface area contributed by atoms with E-state index < -0.39 is 18.1 Å². The van der Waals surface area contributed by atoms with Crippen molar-refractivity contribution in [1.82, 2.24) is 4.90 Å². The van der Waals surface area contributed by atoms with Gasteiger partial charge in [0.2, 0.25) is 0 Å². The van der Waals surface area contributed by atoms with Gasteiger partial charge in [-0.05, 0) is 60.7 Å². The van der Waals surface area contributed by atoms with E-state index in [-0.39, 0.29) is 43.2 Å². The molecule has 0 aromatic heterocycles. The van der Waals surface area contributed by atoms with Gasteiger partial charge in [-0.25, -0.2) is 18.5 Å². The largest absolute Gasteiger partial charge is 0.480 e. The van der Waals surface area contributed by atoms with Crippen LogP contribution < -0.4 is 4.74 Å². The second-order valence-electron chi connectivity index (χ2n) is 8.92. The summed E-state index contributed by atoms with van der Waals surface area (Å²) < 4.78 is 43.7. The van der Waals surface area contributed by atoms with Crippen LogP contribution in [0.2, 0.25) is 0 Å². The third kappa shape index (κ3) is 6.88. The number of carbonyl (C=O) groups excluding carboxylic acids is 2. The number of imide groups is 1. The SMILES string of the molecule is Cc1cc(COC/C=C/C[C@@H](Oc2ccc(F)c(C)c2)C(=O)N2C(=O)OC[C@@H]2C(C)C)ccc1F. The quantitative estimate of drug-likeness (QED) is 0.327. The highest BCUT2D eigenvalue weighted by Gasteiger charge is 2.42. The highest BCUT2D eigenvalue weighted by atomic mass is 19.1. The molecule has 6 nitrogen and oxygen atoms in total. The van der Waals surface area contributed by atoms with Crippen LogP contribution in [0.1, 0.15) is 37.0 Å². The first-order valence-electron chi connectivity index (χ1n) is 11.6. The summed E-state index contributed by atoms with van der Waals surface area (Å²) in [5.41, 5.74) is 1.79. The van der Waals surface area contributed by atoms with Crippen molar-refractivity contribution >= 4 is 12.0 Å². The molecule has 1 saturated heterocycles. The number of ether oxygens (including phenoxy) is 3. The Balaban J connectivity index is 1.66. The summed E-state index contributed by atoms with van der Waals surface area (Å²) in [7, 11) is 0. The van der Waals surface area contributed by atoms with Gasteiger partial charge in [-0.15, -0.1) is 0 Å². The van der Waals surface area contributed by atoms with Crippen molar-refractivity contribution in [2.45, 2.75) is 52.9 Å². The molecule has 8 heteroatoms. The van der Waals surface area contributed by atoms with E-state index in [4.69, 9.17) is 14.2 Å². The molecule has 2 aromatic rings. The van der Waals surface area contributed by atoms with Gasteiger partial charge in [-0.3, -0.25) is 4.79 Å². The van der Waals surface area contributed by atoms with Crippen LogP contribution in [0.5, 0.6) is 5.75 Å². The lowest BCUT2D eigenvalue weighted by atomic mass is 10.0. The van der Waals surface area contributed by atoms with Crippen molar-refractivity contribution in [3.05, 3.63) is 76.9 Å². The molecule has 0 saturated carbocycles. The van der Waals surface area contributed by atoms with E-state index in [9.17, 15) is 18.4 Å². The number of cyclic esters (lactones) is 1. The first-order chi connectivity index (χ1) is 16.7. The van der Waals surface area contributed by atoms with Crippen LogP contribution >= 0.6 is 0 Å². The monoisotopic (exact) mass is 487 g/mol. The van der Waals surface area contributed by atoms with E-state index in [1.54, 1.807) is 38.1 Å². The fourth-order valence-corrected chi connectivity index (χ4v) is 3.72. The predicted molar refractivity (Wildman–Crippen MR) is 127 cm³/mol. The average Bonchev–Trinajstić information content (AvgIpc) is 3.21. The molecular weight excluding hydrogens is 456 g/mol. The molecule has 0 spiro atoms. The summed E-state index contributed by atoms with van der Waals surface area (Å²) in [6.07, 6.45) is 1.95. The molecule has 1 fully saturated rings. The Kier molecular flexibility index (Phi) is 8.98. The van der Waals surface area contributed by atoms with Gasteiger partial charge in [0.05, 0.1) is 19.3 Å². The van der Waals surface area contributed by atoms with Gasteiger partial charge >= 0.3 is 6.09 Å². The number of benzene rings is 2. The van der Waals surface area contributed by atoms with Crippen molar-refractivity contribution in [2.24, 2.45) is 5.92 Å². The normalized spacial score (nSPS) is 16.7. The summed E-state index contributed by atoms with van der Waals surface area (Å²) >= 11 is 0. The third-order valence-electron chi connectivity index (χ3n) is 5.82. The molecule has 1 aliphatic rings. The number of carbonyl (C=O) groups is 2. The Labute approximate surface area is 204 Å². The van der Waals surface area contributed by atoms with Gasteiger partial charge in [0, 0.05) is 6.42 Å². The zero-order chi connectivity index (χ0) is 25.5. The van der Waals surface area contributed by atoms with Crippen LogP contribution in [0.3, 0.4) is 0 Å². The molecular formula is C27H31F2NO5. The van der Waals surface area contributed by atoms with Gasteiger partial charge in [0.1, 0.15) is 24.0 Å². The molecule has 1 heterocycles. The van der Waals surface area contributed by atoms with Crippen molar-refractivity contribution in [3.63, 3.8) is 0 Å². The smallest absolute Gasteiger partial charge is 0.417 e. The van der Waals surface area contributed by atoms with E-state index in [1.165, 1.54) is 24.3 Å². The Bertz CT molecular complexity index is 1090. The number of halogens is 2. The van der Waals surface area contributed by atoms with Gasteiger partial charge in [0.15, 0.2) is 6.10 Å². The number of hydrogen-bond acceptors (Lipinski definition) is 5. The Morgan fingerprint density at radius 2 is 1.80 bits per heavy atom. The average molecular weight is 488 g/mol. The summed E-state index contributed by atoms with van der Waals surface area (Å²) in [4.78, 5) is 26.7. The van der Waals surface area contributed by atoms with E-state index in [2.05, 4.69) is 0 Å². The highest BCUT2D eigenvalue weighted by Crippen LogP contribution is 2.24. The molecule has 188 valence electrons. The predicted octanol–water partition coefficient (Wildman–Crippen LogP) is 5.50. The maximum absolute atomic E-state index is 13.7. The minimum atomic E-state index is -1.01. The Hall–Kier alpha value is -3.26. The lowest BCUT2D eigenvalue weighted by molar-refractivity contribution is -0.137. The molecule has 3 rings (SSSR count). The number of rotatable bonds is 10. The van der Waals surface area contributed by atoms with Crippen LogP contribution in [-0.4, -0.2) is 42.3 Å². The van der Waals surface area contributed by atoms with Gasteiger partial charge < -0.3 is 14.2 Å². The zero-order valence-electron chi connectivity index (χ0n) is 20.4. The van der Waals surface area contributed by atoms with Crippen LogP contribution in [0.4, 0.5) is 13.6 Å². The Morgan fingerprint density at radius 1 is 1.11 bits per heavy atom. The second-order valence-corrected chi connectivity index (χ2v) is 8.92. The third-order valence-corrected chi connectivity index (χ3v) is 5.82. The van der Waals surface area contributed by atoms with Crippen LogP contribution in [0, 0.1) is 31.4 Å². The molecule has 35 heavy (non-hydrogen) atoms. The first kappa shape index (κ1) is 26.3. The highest BCUT2D eigenvalue weighted by molar-refractivity contribution is 5.96. The number of hydrogen-bond donors (Lipinski definition) is 0. The van der Waals surface area contributed by atoms with E-state index in [0.717, 1.165) is 10.5 Å². The standard InChI is InChI=1S/C27H31F2NO5/c1-17(2)24-16-34-27(32)30(24)26(31)25(35-21-9-11-23(29)19(4)14-21)7-5-6-12-33-15-20-8-10-22(28)18(3)13-20/h5-6,8-11,13-14,17,24-25H,7,12,15-16H2,1-4H3/b6-5+/t24-,25-/m1/s1. The van der Waals surface area contributed by atoms with E-state index >= 15 is 0 Å².